The number of H-pyrrole nitrogens is 1. The maximum atomic E-state index is 12.5. The number of Topliss-reactive ketones (excluding diaryl/α,β-unsaturated/α-hetero) is 1. The predicted octanol–water partition coefficient (Wildman–Crippen LogP) is 3.04. The summed E-state index contributed by atoms with van der Waals surface area (Å²) in [7, 11) is 1.35. The van der Waals surface area contributed by atoms with Gasteiger partial charge >= 0.3 is 5.97 Å². The fourth-order valence-corrected chi connectivity index (χ4v) is 3.88. The van der Waals surface area contributed by atoms with Crippen LogP contribution in [0.4, 0.5) is 0 Å². The number of fused-ring (bicyclic) bond motifs is 1. The van der Waals surface area contributed by atoms with Crippen LogP contribution in [-0.2, 0) is 11.2 Å². The van der Waals surface area contributed by atoms with Crippen molar-refractivity contribution in [3.63, 3.8) is 0 Å². The molecule has 0 amide bonds. The van der Waals surface area contributed by atoms with E-state index in [-0.39, 0.29) is 11.7 Å². The second-order valence-electron chi connectivity index (χ2n) is 5.38. The molecule has 1 N–H and O–H groups in total. The lowest BCUT2D eigenvalue weighted by molar-refractivity contribution is 0.0593. The van der Waals surface area contributed by atoms with Gasteiger partial charge in [0, 0.05) is 23.4 Å². The Morgan fingerprint density at radius 2 is 2.24 bits per heavy atom. The first kappa shape index (κ1) is 14.2. The number of hydrogen-bond acceptors (Lipinski definition) is 4. The standard InChI is InChI=1S/C16H17NO3S/c1-9-14-12(17-15(9)16(19)20-2)6-11(7-13(14)18)10-4-3-5-21-8-10/h3-5,11,17H,6-8H2,1-2H3. The molecule has 1 atom stereocenters. The van der Waals surface area contributed by atoms with Crippen molar-refractivity contribution in [1.29, 1.82) is 0 Å². The zero-order valence-corrected chi connectivity index (χ0v) is 12.9. The molecule has 110 valence electrons. The molecule has 0 bridgehead atoms. The van der Waals surface area contributed by atoms with Crippen molar-refractivity contribution in [2.45, 2.75) is 19.8 Å². The number of rotatable bonds is 2. The molecule has 21 heavy (non-hydrogen) atoms. The topological polar surface area (TPSA) is 59.2 Å². The van der Waals surface area contributed by atoms with Gasteiger partial charge in [-0.1, -0.05) is 17.7 Å². The number of carbonyl (C=O) groups excluding carboxylic acids is 2. The SMILES string of the molecule is COC(=O)c1[nH]c2c(c1C)C(=O)CC(C1=CC=CSC1)C2. The number of esters is 1. The van der Waals surface area contributed by atoms with Gasteiger partial charge in [0.2, 0.25) is 0 Å². The van der Waals surface area contributed by atoms with Gasteiger partial charge in [0.05, 0.1) is 7.11 Å². The Balaban J connectivity index is 1.95. The second kappa shape index (κ2) is 5.56. The fraction of sp³-hybridized carbons (Fsp3) is 0.375. The largest absolute Gasteiger partial charge is 0.464 e. The number of ether oxygens (including phenoxy) is 1. The molecule has 4 nitrogen and oxygen atoms in total. The van der Waals surface area contributed by atoms with Crippen molar-refractivity contribution in [2.75, 3.05) is 12.9 Å². The average Bonchev–Trinajstić information content (AvgIpc) is 2.85. The third kappa shape index (κ3) is 2.46. The summed E-state index contributed by atoms with van der Waals surface area (Å²) >= 11 is 1.75. The van der Waals surface area contributed by atoms with Crippen molar-refractivity contribution in [3.05, 3.63) is 45.6 Å². The van der Waals surface area contributed by atoms with Crippen LogP contribution >= 0.6 is 11.8 Å². The lowest BCUT2D eigenvalue weighted by Crippen LogP contribution is -2.22. The van der Waals surface area contributed by atoms with E-state index in [1.807, 2.05) is 6.08 Å². The molecule has 1 aromatic rings. The highest BCUT2D eigenvalue weighted by Crippen LogP contribution is 2.35. The third-order valence-electron chi connectivity index (χ3n) is 4.14. The number of aromatic amines is 1. The Kier molecular flexibility index (Phi) is 3.76. The average molecular weight is 303 g/mol. The molecule has 0 radical (unpaired) electrons. The molecule has 0 saturated carbocycles. The van der Waals surface area contributed by atoms with Gasteiger partial charge in [-0.25, -0.2) is 4.79 Å². The molecule has 2 heterocycles. The summed E-state index contributed by atoms with van der Waals surface area (Å²) in [6, 6.07) is 0. The predicted molar refractivity (Wildman–Crippen MR) is 82.7 cm³/mol. The van der Waals surface area contributed by atoms with Crippen LogP contribution in [0.5, 0.6) is 0 Å². The van der Waals surface area contributed by atoms with E-state index in [4.69, 9.17) is 4.74 Å². The van der Waals surface area contributed by atoms with Gasteiger partial charge in [0.15, 0.2) is 5.78 Å². The monoisotopic (exact) mass is 303 g/mol. The van der Waals surface area contributed by atoms with E-state index < -0.39 is 5.97 Å². The van der Waals surface area contributed by atoms with Gasteiger partial charge in [0.1, 0.15) is 5.69 Å². The molecule has 0 fully saturated rings. The maximum Gasteiger partial charge on any atom is 0.354 e. The summed E-state index contributed by atoms with van der Waals surface area (Å²) in [4.78, 5) is 27.3. The first-order valence-electron chi connectivity index (χ1n) is 6.92. The molecular weight excluding hydrogens is 286 g/mol. The van der Waals surface area contributed by atoms with E-state index in [0.717, 1.165) is 17.9 Å². The van der Waals surface area contributed by atoms with E-state index in [2.05, 4.69) is 16.5 Å². The Morgan fingerprint density at radius 1 is 1.43 bits per heavy atom. The summed E-state index contributed by atoms with van der Waals surface area (Å²) in [5.74, 6) is 0.867. The molecule has 2 aliphatic rings. The zero-order chi connectivity index (χ0) is 15.0. The van der Waals surface area contributed by atoms with E-state index in [0.29, 0.717) is 23.2 Å². The Hall–Kier alpha value is -1.75. The van der Waals surface area contributed by atoms with E-state index in [9.17, 15) is 9.59 Å². The van der Waals surface area contributed by atoms with Crippen LogP contribution < -0.4 is 0 Å². The molecular formula is C16H17NO3S. The molecule has 0 aromatic carbocycles. The van der Waals surface area contributed by atoms with E-state index in [1.54, 1.807) is 18.7 Å². The van der Waals surface area contributed by atoms with E-state index in [1.165, 1.54) is 12.7 Å². The van der Waals surface area contributed by atoms with Crippen molar-refractivity contribution >= 4 is 23.5 Å². The van der Waals surface area contributed by atoms with Gasteiger partial charge in [-0.15, -0.1) is 11.8 Å². The molecule has 0 saturated heterocycles. The number of carbonyl (C=O) groups is 2. The number of methoxy groups -OCH3 is 1. The van der Waals surface area contributed by atoms with Gasteiger partial charge in [0.25, 0.3) is 0 Å². The summed E-state index contributed by atoms with van der Waals surface area (Å²) in [6.45, 7) is 1.80. The quantitative estimate of drug-likeness (QED) is 0.853. The molecule has 1 unspecified atom stereocenters. The van der Waals surface area contributed by atoms with Crippen molar-refractivity contribution in [2.24, 2.45) is 5.92 Å². The Morgan fingerprint density at radius 3 is 2.90 bits per heavy atom. The van der Waals surface area contributed by atoms with Gasteiger partial charge in [-0.05, 0) is 30.2 Å². The zero-order valence-electron chi connectivity index (χ0n) is 12.1. The molecule has 0 spiro atoms. The van der Waals surface area contributed by atoms with Crippen LogP contribution in [0.2, 0.25) is 0 Å². The first-order valence-corrected chi connectivity index (χ1v) is 7.96. The van der Waals surface area contributed by atoms with Crippen LogP contribution in [0.15, 0.2) is 23.1 Å². The van der Waals surface area contributed by atoms with Crippen LogP contribution in [0, 0.1) is 12.8 Å². The number of allylic oxidation sites excluding steroid dienone is 2. The minimum Gasteiger partial charge on any atom is -0.464 e. The van der Waals surface area contributed by atoms with Crippen LogP contribution in [-0.4, -0.2) is 29.6 Å². The number of ketones is 1. The Labute approximate surface area is 127 Å². The smallest absolute Gasteiger partial charge is 0.354 e. The Bertz CT molecular complexity index is 669. The van der Waals surface area contributed by atoms with Gasteiger partial charge in [-0.2, -0.15) is 0 Å². The highest BCUT2D eigenvalue weighted by Gasteiger charge is 2.32. The number of aromatic nitrogens is 1. The minimum atomic E-state index is -0.415. The fourth-order valence-electron chi connectivity index (χ4n) is 3.07. The second-order valence-corrected chi connectivity index (χ2v) is 6.27. The number of hydrogen-bond donors (Lipinski definition) is 1. The molecule has 1 aromatic heterocycles. The van der Waals surface area contributed by atoms with Crippen LogP contribution in [0.1, 0.15) is 38.5 Å². The lowest BCUT2D eigenvalue weighted by atomic mass is 9.81. The number of nitrogens with one attached hydrogen (secondary N) is 1. The first-order chi connectivity index (χ1) is 10.1. The molecule has 1 aliphatic heterocycles. The number of thioether (sulfide) groups is 1. The lowest BCUT2D eigenvalue weighted by Gasteiger charge is -2.25. The third-order valence-corrected chi connectivity index (χ3v) is 4.99. The molecule has 3 rings (SSSR count). The molecule has 5 heteroatoms. The van der Waals surface area contributed by atoms with Crippen LogP contribution in [0.3, 0.4) is 0 Å². The van der Waals surface area contributed by atoms with Crippen molar-refractivity contribution in [1.82, 2.24) is 4.98 Å². The minimum absolute atomic E-state index is 0.116. The van der Waals surface area contributed by atoms with Gasteiger partial charge < -0.3 is 9.72 Å². The molecule has 1 aliphatic carbocycles. The summed E-state index contributed by atoms with van der Waals surface area (Å²) in [5, 5.41) is 2.06. The maximum absolute atomic E-state index is 12.5. The van der Waals surface area contributed by atoms with Crippen molar-refractivity contribution < 1.29 is 14.3 Å². The van der Waals surface area contributed by atoms with E-state index >= 15 is 0 Å². The normalized spacial score (nSPS) is 21.0. The highest BCUT2D eigenvalue weighted by molar-refractivity contribution is 8.02. The summed E-state index contributed by atoms with van der Waals surface area (Å²) in [6.07, 6.45) is 5.44. The van der Waals surface area contributed by atoms with Crippen molar-refractivity contribution in [3.8, 4) is 0 Å². The summed E-state index contributed by atoms with van der Waals surface area (Å²) < 4.78 is 4.77. The highest BCUT2D eigenvalue weighted by atomic mass is 32.2. The van der Waals surface area contributed by atoms with Gasteiger partial charge in [-0.3, -0.25) is 4.79 Å². The summed E-state index contributed by atoms with van der Waals surface area (Å²) in [5.41, 5.74) is 3.98. The van der Waals surface area contributed by atoms with Crippen LogP contribution in [0.25, 0.3) is 0 Å².